The van der Waals surface area contributed by atoms with Gasteiger partial charge in [-0.2, -0.15) is 0 Å². The zero-order valence-corrected chi connectivity index (χ0v) is 17.3. The Kier molecular flexibility index (Phi) is 5.03. The Morgan fingerprint density at radius 1 is 1.11 bits per heavy atom. The highest BCUT2D eigenvalue weighted by molar-refractivity contribution is 8.15. The van der Waals surface area contributed by atoms with E-state index in [-0.39, 0.29) is 22.8 Å². The summed E-state index contributed by atoms with van der Waals surface area (Å²) in [4.78, 5) is 7.05. The third kappa shape index (κ3) is 3.92. The van der Waals surface area contributed by atoms with Crippen LogP contribution in [0.4, 0.5) is 5.69 Å². The predicted molar refractivity (Wildman–Crippen MR) is 114 cm³/mol. The van der Waals surface area contributed by atoms with E-state index in [1.54, 1.807) is 11.8 Å². The molecule has 2 aromatic carbocycles. The lowest BCUT2D eigenvalue weighted by Gasteiger charge is -2.26. The van der Waals surface area contributed by atoms with E-state index in [2.05, 4.69) is 67.3 Å². The van der Waals surface area contributed by atoms with Crippen LogP contribution >= 0.6 is 11.8 Å². The van der Waals surface area contributed by atoms with Crippen molar-refractivity contribution in [2.24, 2.45) is 4.99 Å². The first-order valence-electron chi connectivity index (χ1n) is 9.31. The molecule has 0 unspecified atom stereocenters. The van der Waals surface area contributed by atoms with Gasteiger partial charge in [0.05, 0.1) is 24.1 Å². The number of aryl methyl sites for hydroxylation is 2. The Morgan fingerprint density at radius 3 is 2.52 bits per heavy atom. The zero-order valence-electron chi connectivity index (χ0n) is 15.6. The molecule has 0 N–H and O–H groups in total. The number of hydrogen-bond acceptors (Lipinski definition) is 5. The fourth-order valence-corrected chi connectivity index (χ4v) is 7.39. The van der Waals surface area contributed by atoms with Gasteiger partial charge < -0.3 is 4.90 Å². The molecule has 2 aliphatic heterocycles. The Morgan fingerprint density at radius 2 is 1.85 bits per heavy atom. The van der Waals surface area contributed by atoms with E-state index < -0.39 is 9.84 Å². The van der Waals surface area contributed by atoms with Crippen molar-refractivity contribution >= 4 is 32.5 Å². The minimum Gasteiger partial charge on any atom is -0.317 e. The molecule has 0 radical (unpaired) electrons. The molecule has 2 aliphatic rings. The molecule has 2 heterocycles. The first-order chi connectivity index (χ1) is 12.9. The second kappa shape index (κ2) is 7.32. The van der Waals surface area contributed by atoms with E-state index in [0.29, 0.717) is 0 Å². The molecular formula is C21H24N2O2S2. The molecule has 1 fully saturated rings. The molecule has 6 heteroatoms. The molecule has 142 valence electrons. The monoisotopic (exact) mass is 400 g/mol. The van der Waals surface area contributed by atoms with Crippen LogP contribution in [0.1, 0.15) is 23.6 Å². The Hall–Kier alpha value is -1.79. The van der Waals surface area contributed by atoms with E-state index >= 15 is 0 Å². The van der Waals surface area contributed by atoms with Gasteiger partial charge in [-0.25, -0.2) is 8.42 Å². The van der Waals surface area contributed by atoms with Crippen LogP contribution in [0.5, 0.6) is 0 Å². The fraction of sp³-hybridized carbons (Fsp3) is 0.381. The summed E-state index contributed by atoms with van der Waals surface area (Å²) in [5, 5.41) is 0.992. The highest BCUT2D eigenvalue weighted by Crippen LogP contribution is 2.37. The van der Waals surface area contributed by atoms with E-state index in [1.807, 2.05) is 0 Å². The van der Waals surface area contributed by atoms with Crippen LogP contribution in [0.25, 0.3) is 0 Å². The van der Waals surface area contributed by atoms with Crippen LogP contribution in [0.3, 0.4) is 0 Å². The molecule has 4 nitrogen and oxygen atoms in total. The lowest BCUT2D eigenvalue weighted by Crippen LogP contribution is -2.28. The van der Waals surface area contributed by atoms with Crippen molar-refractivity contribution in [3.8, 4) is 0 Å². The van der Waals surface area contributed by atoms with Crippen molar-refractivity contribution in [1.29, 1.82) is 0 Å². The number of hydrogen-bond donors (Lipinski definition) is 0. The molecular weight excluding hydrogens is 376 g/mol. The SMILES string of the molecule is CCc1ccc(N(Cc2ccccc2C)C2=N[C@@H]3CS(=O)(=O)C[C@@H]3S2)cc1. The topological polar surface area (TPSA) is 49.7 Å². The second-order valence-corrected chi connectivity index (χ2v) is 10.6. The molecule has 0 amide bonds. The molecule has 2 aromatic rings. The highest BCUT2D eigenvalue weighted by atomic mass is 32.2. The number of nitrogens with zero attached hydrogens (tertiary/aromatic N) is 2. The molecule has 0 spiro atoms. The van der Waals surface area contributed by atoms with Crippen LogP contribution in [0.15, 0.2) is 53.5 Å². The average Bonchev–Trinajstić information content (AvgIpc) is 3.14. The number of anilines is 1. The standard InChI is InChI=1S/C21H24N2O2S2/c1-3-16-8-10-18(11-9-16)23(12-17-7-5-4-6-15(17)2)21-22-19-13-27(24,25)14-20(19)26-21/h4-11,19-20H,3,12-14H2,1-2H3/t19-,20+/m1/s1. The van der Waals surface area contributed by atoms with E-state index in [9.17, 15) is 8.42 Å². The van der Waals surface area contributed by atoms with Gasteiger partial charge in [0.25, 0.3) is 0 Å². The summed E-state index contributed by atoms with van der Waals surface area (Å²) >= 11 is 1.62. The van der Waals surface area contributed by atoms with Crippen molar-refractivity contribution in [3.05, 3.63) is 65.2 Å². The maximum Gasteiger partial charge on any atom is 0.164 e. The van der Waals surface area contributed by atoms with Gasteiger partial charge in [0, 0.05) is 10.9 Å². The number of thioether (sulfide) groups is 1. The Bertz CT molecular complexity index is 968. The number of aliphatic imine (C=N–C) groups is 1. The van der Waals surface area contributed by atoms with Gasteiger partial charge in [0.15, 0.2) is 15.0 Å². The number of amidine groups is 1. The first-order valence-corrected chi connectivity index (χ1v) is 12.0. The third-order valence-electron chi connectivity index (χ3n) is 5.28. The smallest absolute Gasteiger partial charge is 0.164 e. The average molecular weight is 401 g/mol. The molecule has 4 rings (SSSR count). The second-order valence-electron chi connectivity index (χ2n) is 7.24. The van der Waals surface area contributed by atoms with Gasteiger partial charge in [-0.15, -0.1) is 0 Å². The molecule has 2 atom stereocenters. The van der Waals surface area contributed by atoms with E-state index in [4.69, 9.17) is 4.99 Å². The maximum atomic E-state index is 11.9. The maximum absolute atomic E-state index is 11.9. The third-order valence-corrected chi connectivity index (χ3v) is 8.53. The molecule has 0 aliphatic carbocycles. The van der Waals surface area contributed by atoms with Gasteiger partial charge >= 0.3 is 0 Å². The number of rotatable bonds is 4. The quantitative estimate of drug-likeness (QED) is 0.783. The molecule has 0 bridgehead atoms. The van der Waals surface area contributed by atoms with Gasteiger partial charge in [0.2, 0.25) is 0 Å². The zero-order chi connectivity index (χ0) is 19.0. The fourth-order valence-electron chi connectivity index (χ4n) is 3.61. The van der Waals surface area contributed by atoms with Gasteiger partial charge in [-0.05, 0) is 42.2 Å². The minimum atomic E-state index is -2.94. The summed E-state index contributed by atoms with van der Waals surface area (Å²) in [7, 11) is -2.94. The van der Waals surface area contributed by atoms with Crippen molar-refractivity contribution in [1.82, 2.24) is 0 Å². The van der Waals surface area contributed by atoms with Crippen LogP contribution in [0, 0.1) is 6.92 Å². The minimum absolute atomic E-state index is 0.0549. The van der Waals surface area contributed by atoms with Crippen LogP contribution in [-0.2, 0) is 22.8 Å². The summed E-state index contributed by atoms with van der Waals surface area (Å²) in [6.45, 7) is 5.01. The number of fused-ring (bicyclic) bond motifs is 1. The lowest BCUT2D eigenvalue weighted by molar-refractivity contribution is 0.601. The summed E-state index contributed by atoms with van der Waals surface area (Å²) < 4.78 is 23.8. The lowest BCUT2D eigenvalue weighted by atomic mass is 10.1. The van der Waals surface area contributed by atoms with Crippen molar-refractivity contribution in [3.63, 3.8) is 0 Å². The number of benzene rings is 2. The Labute approximate surface area is 165 Å². The van der Waals surface area contributed by atoms with Gasteiger partial charge in [-0.1, -0.05) is 55.1 Å². The molecule has 0 saturated carbocycles. The van der Waals surface area contributed by atoms with Crippen molar-refractivity contribution < 1.29 is 8.42 Å². The highest BCUT2D eigenvalue weighted by Gasteiger charge is 2.44. The summed E-state index contributed by atoms with van der Waals surface area (Å²) in [5.74, 6) is 0.420. The van der Waals surface area contributed by atoms with Gasteiger partial charge in [-0.3, -0.25) is 4.99 Å². The van der Waals surface area contributed by atoms with Crippen LogP contribution < -0.4 is 4.90 Å². The summed E-state index contributed by atoms with van der Waals surface area (Å²) in [5.41, 5.74) is 4.91. The Balaban J connectivity index is 1.67. The van der Waals surface area contributed by atoms with Gasteiger partial charge in [0.1, 0.15) is 0 Å². The predicted octanol–water partition coefficient (Wildman–Crippen LogP) is 3.83. The molecule has 0 aromatic heterocycles. The largest absolute Gasteiger partial charge is 0.317 e. The van der Waals surface area contributed by atoms with E-state index in [1.165, 1.54) is 16.7 Å². The summed E-state index contributed by atoms with van der Waals surface area (Å²) in [6.07, 6.45) is 1.01. The van der Waals surface area contributed by atoms with Crippen molar-refractivity contribution in [2.75, 3.05) is 16.4 Å². The number of sulfone groups is 1. The first kappa shape index (κ1) is 18.6. The molecule has 1 saturated heterocycles. The van der Waals surface area contributed by atoms with Crippen LogP contribution in [0.2, 0.25) is 0 Å². The molecule has 27 heavy (non-hydrogen) atoms. The van der Waals surface area contributed by atoms with Crippen LogP contribution in [-0.4, -0.2) is 36.4 Å². The van der Waals surface area contributed by atoms with E-state index in [0.717, 1.165) is 23.8 Å². The normalized spacial score (nSPS) is 23.1. The van der Waals surface area contributed by atoms with Crippen molar-refractivity contribution in [2.45, 2.75) is 38.1 Å². The summed E-state index contributed by atoms with van der Waals surface area (Å²) in [6, 6.07) is 16.9.